The second kappa shape index (κ2) is 8.60. The topological polar surface area (TPSA) is 75.7 Å². The Morgan fingerprint density at radius 2 is 1.84 bits per heavy atom. The molecule has 1 aromatic rings. The quantitative estimate of drug-likeness (QED) is 0.823. The van der Waals surface area contributed by atoms with Gasteiger partial charge in [0.05, 0.1) is 5.56 Å². The highest BCUT2D eigenvalue weighted by atomic mass is 19.1. The van der Waals surface area contributed by atoms with Crippen LogP contribution in [-0.4, -0.2) is 47.9 Å². The number of rotatable bonds is 5. The average molecular weight is 350 g/mol. The summed E-state index contributed by atoms with van der Waals surface area (Å²) >= 11 is 0. The number of benzene rings is 1. The SMILES string of the molecule is C[C@H]1CCC[C@H](C)N1C(=O)COC(=O)CNC(=O)c1ccccc1F. The van der Waals surface area contributed by atoms with Crippen LogP contribution in [0.1, 0.15) is 43.5 Å². The van der Waals surface area contributed by atoms with Crippen LogP contribution in [0.15, 0.2) is 24.3 Å². The molecule has 1 aliphatic rings. The smallest absolute Gasteiger partial charge is 0.325 e. The fourth-order valence-corrected chi connectivity index (χ4v) is 3.07. The first kappa shape index (κ1) is 18.9. The van der Waals surface area contributed by atoms with E-state index in [9.17, 15) is 18.8 Å². The van der Waals surface area contributed by atoms with Crippen molar-refractivity contribution in [3.63, 3.8) is 0 Å². The molecule has 0 bridgehead atoms. The monoisotopic (exact) mass is 350 g/mol. The van der Waals surface area contributed by atoms with E-state index in [2.05, 4.69) is 5.32 Å². The lowest BCUT2D eigenvalue weighted by atomic mass is 9.97. The van der Waals surface area contributed by atoms with Gasteiger partial charge in [0, 0.05) is 12.1 Å². The molecular weight excluding hydrogens is 327 g/mol. The van der Waals surface area contributed by atoms with Gasteiger partial charge in [0.1, 0.15) is 12.4 Å². The maximum atomic E-state index is 13.5. The van der Waals surface area contributed by atoms with Gasteiger partial charge in [0.2, 0.25) is 0 Å². The van der Waals surface area contributed by atoms with E-state index in [1.54, 1.807) is 4.90 Å². The predicted molar refractivity (Wildman–Crippen MR) is 89.3 cm³/mol. The fraction of sp³-hybridized carbons (Fsp3) is 0.500. The van der Waals surface area contributed by atoms with Gasteiger partial charge in [-0.05, 0) is 45.2 Å². The van der Waals surface area contributed by atoms with E-state index in [-0.39, 0.29) is 30.2 Å². The summed E-state index contributed by atoms with van der Waals surface area (Å²) in [5, 5.41) is 2.28. The van der Waals surface area contributed by atoms with Crippen LogP contribution in [0, 0.1) is 5.82 Å². The summed E-state index contributed by atoms with van der Waals surface area (Å²) in [5.41, 5.74) is -0.151. The van der Waals surface area contributed by atoms with Gasteiger partial charge in [-0.3, -0.25) is 14.4 Å². The highest BCUT2D eigenvalue weighted by molar-refractivity contribution is 5.96. The normalized spacial score (nSPS) is 20.0. The largest absolute Gasteiger partial charge is 0.454 e. The number of nitrogens with zero attached hydrogens (tertiary/aromatic N) is 1. The van der Waals surface area contributed by atoms with Crippen LogP contribution >= 0.6 is 0 Å². The number of halogens is 1. The van der Waals surface area contributed by atoms with Crippen LogP contribution in [0.2, 0.25) is 0 Å². The molecule has 1 aliphatic heterocycles. The maximum Gasteiger partial charge on any atom is 0.325 e. The van der Waals surface area contributed by atoms with E-state index in [1.165, 1.54) is 18.2 Å². The van der Waals surface area contributed by atoms with Gasteiger partial charge in [0.25, 0.3) is 11.8 Å². The number of likely N-dealkylation sites (tertiary alicyclic amines) is 1. The van der Waals surface area contributed by atoms with Crippen molar-refractivity contribution in [2.24, 2.45) is 0 Å². The molecule has 0 saturated carbocycles. The van der Waals surface area contributed by atoms with E-state index in [0.29, 0.717) is 0 Å². The van der Waals surface area contributed by atoms with Crippen molar-refractivity contribution in [3.05, 3.63) is 35.6 Å². The zero-order valence-corrected chi connectivity index (χ0v) is 14.5. The highest BCUT2D eigenvalue weighted by Gasteiger charge is 2.29. The molecule has 0 unspecified atom stereocenters. The summed E-state index contributed by atoms with van der Waals surface area (Å²) in [6.45, 7) is 3.17. The minimum atomic E-state index is -0.740. The van der Waals surface area contributed by atoms with E-state index < -0.39 is 24.2 Å². The van der Waals surface area contributed by atoms with Gasteiger partial charge < -0.3 is 15.0 Å². The molecule has 25 heavy (non-hydrogen) atoms. The van der Waals surface area contributed by atoms with Gasteiger partial charge in [-0.1, -0.05) is 12.1 Å². The predicted octanol–water partition coefficient (Wildman–Crippen LogP) is 1.89. The molecule has 2 amide bonds. The number of amides is 2. The minimum absolute atomic E-state index is 0.121. The average Bonchev–Trinajstić information content (AvgIpc) is 2.58. The lowest BCUT2D eigenvalue weighted by Crippen LogP contribution is -2.49. The maximum absolute atomic E-state index is 13.5. The third kappa shape index (κ3) is 5.01. The minimum Gasteiger partial charge on any atom is -0.454 e. The number of esters is 1. The van der Waals surface area contributed by atoms with Gasteiger partial charge in [-0.25, -0.2) is 4.39 Å². The third-order valence-corrected chi connectivity index (χ3v) is 4.35. The first-order valence-electron chi connectivity index (χ1n) is 8.39. The molecule has 0 aliphatic carbocycles. The van der Waals surface area contributed by atoms with Gasteiger partial charge >= 0.3 is 5.97 Å². The summed E-state index contributed by atoms with van der Waals surface area (Å²) in [7, 11) is 0. The molecule has 0 aromatic heterocycles. The molecule has 0 radical (unpaired) electrons. The van der Waals surface area contributed by atoms with Crippen molar-refractivity contribution >= 4 is 17.8 Å². The Balaban J connectivity index is 1.78. The number of piperidine rings is 1. The Bertz CT molecular complexity index is 640. The first-order valence-corrected chi connectivity index (χ1v) is 8.39. The lowest BCUT2D eigenvalue weighted by Gasteiger charge is -2.38. The van der Waals surface area contributed by atoms with Crippen LogP contribution in [0.25, 0.3) is 0 Å². The molecule has 1 saturated heterocycles. The van der Waals surface area contributed by atoms with Crippen molar-refractivity contribution in [2.75, 3.05) is 13.2 Å². The molecule has 6 nitrogen and oxygen atoms in total. The van der Waals surface area contributed by atoms with E-state index >= 15 is 0 Å². The molecule has 2 rings (SSSR count). The highest BCUT2D eigenvalue weighted by Crippen LogP contribution is 2.22. The molecular formula is C18H23FN2O4. The van der Waals surface area contributed by atoms with Crippen LogP contribution in [-0.2, 0) is 14.3 Å². The van der Waals surface area contributed by atoms with E-state index in [4.69, 9.17) is 4.74 Å². The van der Waals surface area contributed by atoms with Crippen molar-refractivity contribution in [1.82, 2.24) is 10.2 Å². The van der Waals surface area contributed by atoms with Crippen molar-refractivity contribution in [3.8, 4) is 0 Å². The second-order valence-electron chi connectivity index (χ2n) is 6.25. The molecule has 136 valence electrons. The summed E-state index contributed by atoms with van der Waals surface area (Å²) in [6, 6.07) is 5.71. The van der Waals surface area contributed by atoms with Gasteiger partial charge in [0.15, 0.2) is 6.61 Å². The number of hydrogen-bond donors (Lipinski definition) is 1. The molecule has 7 heteroatoms. The summed E-state index contributed by atoms with van der Waals surface area (Å²) in [6.07, 6.45) is 2.94. The zero-order valence-electron chi connectivity index (χ0n) is 14.5. The first-order chi connectivity index (χ1) is 11.9. The van der Waals surface area contributed by atoms with E-state index in [0.717, 1.165) is 25.3 Å². The van der Waals surface area contributed by atoms with E-state index in [1.807, 2.05) is 13.8 Å². The number of carbonyl (C=O) groups excluding carboxylic acids is 3. The third-order valence-electron chi connectivity index (χ3n) is 4.35. The molecule has 2 atom stereocenters. The van der Waals surface area contributed by atoms with Crippen LogP contribution in [0.4, 0.5) is 4.39 Å². The Morgan fingerprint density at radius 1 is 1.20 bits per heavy atom. The summed E-state index contributed by atoms with van der Waals surface area (Å²) in [4.78, 5) is 37.5. The molecule has 1 aromatic carbocycles. The van der Waals surface area contributed by atoms with Crippen molar-refractivity contribution in [1.29, 1.82) is 0 Å². The molecule has 1 heterocycles. The van der Waals surface area contributed by atoms with Crippen molar-refractivity contribution in [2.45, 2.75) is 45.2 Å². The molecule has 1 fully saturated rings. The summed E-state index contributed by atoms with van der Waals surface area (Å²) in [5.74, 6) is -2.36. The lowest BCUT2D eigenvalue weighted by molar-refractivity contribution is -0.154. The van der Waals surface area contributed by atoms with Crippen LogP contribution in [0.3, 0.4) is 0 Å². The Kier molecular flexibility index (Phi) is 6.50. The van der Waals surface area contributed by atoms with Crippen LogP contribution in [0.5, 0.6) is 0 Å². The Morgan fingerprint density at radius 3 is 2.48 bits per heavy atom. The fourth-order valence-electron chi connectivity index (χ4n) is 3.07. The second-order valence-corrected chi connectivity index (χ2v) is 6.25. The molecule has 0 spiro atoms. The standard InChI is InChI=1S/C18H23FN2O4/c1-12-6-5-7-13(2)21(12)16(22)11-25-17(23)10-20-18(24)14-8-3-4-9-15(14)19/h3-4,8-9,12-13H,5-7,10-11H2,1-2H3,(H,20,24)/t12-,13-/m0/s1. The summed E-state index contributed by atoms with van der Waals surface area (Å²) < 4.78 is 18.4. The van der Waals surface area contributed by atoms with Crippen molar-refractivity contribution < 1.29 is 23.5 Å². The van der Waals surface area contributed by atoms with Gasteiger partial charge in [-0.15, -0.1) is 0 Å². The molecule has 1 N–H and O–H groups in total. The van der Waals surface area contributed by atoms with Crippen LogP contribution < -0.4 is 5.32 Å². The number of carbonyl (C=O) groups is 3. The van der Waals surface area contributed by atoms with Gasteiger partial charge in [-0.2, -0.15) is 0 Å². The zero-order chi connectivity index (χ0) is 18.4. The Hall–Kier alpha value is -2.44. The number of nitrogens with one attached hydrogen (secondary N) is 1. The number of hydrogen-bond acceptors (Lipinski definition) is 4. The number of ether oxygens (including phenoxy) is 1. The Labute approximate surface area is 146 Å².